The Kier molecular flexibility index (Phi) is 3.52. The van der Waals surface area contributed by atoms with Crippen LogP contribution in [0.1, 0.15) is 21.6 Å². The van der Waals surface area contributed by atoms with Crippen molar-refractivity contribution in [3.8, 4) is 0 Å². The van der Waals surface area contributed by atoms with Crippen LogP contribution in [0.15, 0.2) is 36.8 Å². The van der Waals surface area contributed by atoms with Crippen LogP contribution in [0.25, 0.3) is 0 Å². The van der Waals surface area contributed by atoms with Crippen molar-refractivity contribution in [2.75, 3.05) is 0 Å². The molecule has 0 aliphatic rings. The molecule has 2 rings (SSSR count). The monoisotopic (exact) mass is 244 g/mol. The van der Waals surface area contributed by atoms with E-state index in [4.69, 9.17) is 5.11 Å². The molecule has 0 spiro atoms. The smallest absolute Gasteiger partial charge is 0.307 e. The van der Waals surface area contributed by atoms with E-state index >= 15 is 0 Å². The van der Waals surface area contributed by atoms with Crippen LogP contribution >= 0.6 is 0 Å². The summed E-state index contributed by atoms with van der Waals surface area (Å²) in [5.41, 5.74) is 2.05. The number of carbonyl (C=O) groups excluding carboxylic acids is 1. The topological polar surface area (TPSA) is 72.2 Å². The molecule has 0 amide bonds. The molecule has 5 nitrogen and oxygen atoms in total. The zero-order valence-electron chi connectivity index (χ0n) is 9.61. The van der Waals surface area contributed by atoms with Crippen molar-refractivity contribution in [1.82, 2.24) is 9.55 Å². The summed E-state index contributed by atoms with van der Waals surface area (Å²) in [6.07, 6.45) is 3.86. The van der Waals surface area contributed by atoms with Crippen molar-refractivity contribution in [2.24, 2.45) is 0 Å². The molecule has 0 saturated carbocycles. The molecule has 0 bridgehead atoms. The Morgan fingerprint density at radius 3 is 2.67 bits per heavy atom. The number of aldehydes is 1. The third kappa shape index (κ3) is 2.82. The Labute approximate surface area is 104 Å². The number of aliphatic carboxylic acids is 1. The number of rotatable bonds is 5. The summed E-state index contributed by atoms with van der Waals surface area (Å²) >= 11 is 0. The summed E-state index contributed by atoms with van der Waals surface area (Å²) in [6, 6.07) is 7.34. The van der Waals surface area contributed by atoms with Gasteiger partial charge in [-0.05, 0) is 11.1 Å². The van der Waals surface area contributed by atoms with Crippen molar-refractivity contribution in [3.63, 3.8) is 0 Å². The maximum atomic E-state index is 10.8. The van der Waals surface area contributed by atoms with Crippen LogP contribution in [0, 0.1) is 0 Å². The molecule has 0 radical (unpaired) electrons. The number of imidazole rings is 1. The molecule has 1 aromatic heterocycles. The van der Waals surface area contributed by atoms with E-state index in [2.05, 4.69) is 4.98 Å². The lowest BCUT2D eigenvalue weighted by Crippen LogP contribution is -2.06. The highest BCUT2D eigenvalue weighted by Gasteiger charge is 2.07. The lowest BCUT2D eigenvalue weighted by atomic mass is 10.0. The molecule has 1 heterocycles. The number of aromatic nitrogens is 2. The standard InChI is InChI=1S/C13H12N2O3/c16-8-12-7-15(9-14-12)6-11-4-2-1-3-10(11)5-13(17)18/h1-4,7-9H,5-6H2,(H,17,18). The van der Waals surface area contributed by atoms with E-state index in [9.17, 15) is 9.59 Å². The average Bonchev–Trinajstić information content (AvgIpc) is 2.79. The average molecular weight is 244 g/mol. The SMILES string of the molecule is O=Cc1cn(Cc2ccccc2CC(=O)O)cn1. The van der Waals surface area contributed by atoms with E-state index < -0.39 is 5.97 Å². The highest BCUT2D eigenvalue weighted by atomic mass is 16.4. The van der Waals surface area contributed by atoms with Gasteiger partial charge < -0.3 is 9.67 Å². The molecule has 92 valence electrons. The molecule has 1 aromatic carbocycles. The van der Waals surface area contributed by atoms with Crippen molar-refractivity contribution in [2.45, 2.75) is 13.0 Å². The number of hydrogen-bond donors (Lipinski definition) is 1. The predicted octanol–water partition coefficient (Wildman–Crippen LogP) is 1.37. The van der Waals surface area contributed by atoms with Gasteiger partial charge in [0.05, 0.1) is 12.7 Å². The second-order valence-electron chi connectivity index (χ2n) is 3.93. The first kappa shape index (κ1) is 12.0. The number of carboxylic acids is 1. The van der Waals surface area contributed by atoms with Gasteiger partial charge in [-0.3, -0.25) is 9.59 Å². The Morgan fingerprint density at radius 1 is 1.33 bits per heavy atom. The maximum absolute atomic E-state index is 10.8. The Bertz CT molecular complexity index is 575. The molecule has 5 heteroatoms. The quantitative estimate of drug-likeness (QED) is 0.806. The fraction of sp³-hybridized carbons (Fsp3) is 0.154. The van der Waals surface area contributed by atoms with E-state index in [1.54, 1.807) is 23.2 Å². The number of hydrogen-bond acceptors (Lipinski definition) is 3. The van der Waals surface area contributed by atoms with E-state index in [1.165, 1.54) is 0 Å². The number of nitrogens with zero attached hydrogens (tertiary/aromatic N) is 2. The minimum absolute atomic E-state index is 0.00852. The zero-order valence-corrected chi connectivity index (χ0v) is 9.61. The second-order valence-corrected chi connectivity index (χ2v) is 3.93. The van der Waals surface area contributed by atoms with Gasteiger partial charge in [0.2, 0.25) is 0 Å². The molecule has 0 atom stereocenters. The van der Waals surface area contributed by atoms with Gasteiger partial charge in [-0.2, -0.15) is 0 Å². The molecule has 18 heavy (non-hydrogen) atoms. The molecular formula is C13H12N2O3. The summed E-state index contributed by atoms with van der Waals surface area (Å²) in [6.45, 7) is 0.504. The highest BCUT2D eigenvalue weighted by molar-refractivity contribution is 5.71. The zero-order chi connectivity index (χ0) is 13.0. The van der Waals surface area contributed by atoms with Gasteiger partial charge in [-0.15, -0.1) is 0 Å². The summed E-state index contributed by atoms with van der Waals surface area (Å²) in [4.78, 5) is 25.2. The third-order valence-electron chi connectivity index (χ3n) is 2.59. The van der Waals surface area contributed by atoms with Crippen LogP contribution in [-0.4, -0.2) is 26.9 Å². The molecule has 0 saturated heterocycles. The molecule has 2 aromatic rings. The van der Waals surface area contributed by atoms with Gasteiger partial charge in [0.15, 0.2) is 6.29 Å². The normalized spacial score (nSPS) is 10.2. The predicted molar refractivity (Wildman–Crippen MR) is 64.5 cm³/mol. The number of carboxylic acid groups (broad SMARTS) is 1. The van der Waals surface area contributed by atoms with Crippen LogP contribution in [0.5, 0.6) is 0 Å². The Balaban J connectivity index is 2.22. The van der Waals surface area contributed by atoms with Crippen LogP contribution in [-0.2, 0) is 17.8 Å². The Hall–Kier alpha value is -2.43. The van der Waals surface area contributed by atoms with E-state index in [0.717, 1.165) is 11.1 Å². The summed E-state index contributed by atoms with van der Waals surface area (Å²) < 4.78 is 1.75. The fourth-order valence-electron chi connectivity index (χ4n) is 1.77. The first-order valence-corrected chi connectivity index (χ1v) is 5.44. The minimum Gasteiger partial charge on any atom is -0.481 e. The van der Waals surface area contributed by atoms with Gasteiger partial charge in [-0.1, -0.05) is 24.3 Å². The van der Waals surface area contributed by atoms with E-state index in [-0.39, 0.29) is 6.42 Å². The third-order valence-corrected chi connectivity index (χ3v) is 2.59. The van der Waals surface area contributed by atoms with Crippen molar-refractivity contribution < 1.29 is 14.7 Å². The van der Waals surface area contributed by atoms with Crippen LogP contribution in [0.3, 0.4) is 0 Å². The van der Waals surface area contributed by atoms with Crippen molar-refractivity contribution in [1.29, 1.82) is 0 Å². The van der Waals surface area contributed by atoms with Crippen LogP contribution in [0.2, 0.25) is 0 Å². The largest absolute Gasteiger partial charge is 0.481 e. The minimum atomic E-state index is -0.860. The lowest BCUT2D eigenvalue weighted by molar-refractivity contribution is -0.136. The molecule has 0 aliphatic heterocycles. The molecular weight excluding hydrogens is 232 g/mol. The van der Waals surface area contributed by atoms with Crippen LogP contribution < -0.4 is 0 Å². The first-order chi connectivity index (χ1) is 8.69. The van der Waals surface area contributed by atoms with Crippen molar-refractivity contribution >= 4 is 12.3 Å². The summed E-state index contributed by atoms with van der Waals surface area (Å²) in [7, 11) is 0. The van der Waals surface area contributed by atoms with E-state index in [1.807, 2.05) is 18.2 Å². The van der Waals surface area contributed by atoms with Crippen molar-refractivity contribution in [3.05, 3.63) is 53.6 Å². The first-order valence-electron chi connectivity index (χ1n) is 5.44. The number of carbonyl (C=O) groups is 2. The van der Waals surface area contributed by atoms with Gasteiger partial charge in [0.1, 0.15) is 5.69 Å². The van der Waals surface area contributed by atoms with Gasteiger partial charge >= 0.3 is 5.97 Å². The second kappa shape index (κ2) is 5.27. The molecule has 1 N–H and O–H groups in total. The molecule has 0 aliphatic carbocycles. The summed E-state index contributed by atoms with van der Waals surface area (Å²) in [5.74, 6) is -0.860. The molecule has 0 fully saturated rings. The Morgan fingerprint density at radius 2 is 2.06 bits per heavy atom. The lowest BCUT2D eigenvalue weighted by Gasteiger charge is -2.07. The molecule has 0 unspecified atom stereocenters. The fourth-order valence-corrected chi connectivity index (χ4v) is 1.77. The number of benzene rings is 1. The summed E-state index contributed by atoms with van der Waals surface area (Å²) in [5, 5.41) is 8.83. The van der Waals surface area contributed by atoms with Crippen LogP contribution in [0.4, 0.5) is 0 Å². The highest BCUT2D eigenvalue weighted by Crippen LogP contribution is 2.11. The maximum Gasteiger partial charge on any atom is 0.307 e. The van der Waals surface area contributed by atoms with Gasteiger partial charge in [0, 0.05) is 12.7 Å². The van der Waals surface area contributed by atoms with Gasteiger partial charge in [-0.25, -0.2) is 4.98 Å². The van der Waals surface area contributed by atoms with E-state index in [0.29, 0.717) is 18.5 Å². The van der Waals surface area contributed by atoms with Gasteiger partial charge in [0.25, 0.3) is 0 Å².